The molecule has 1 amide bonds. The minimum atomic E-state index is -0.201. The Balaban J connectivity index is 1.73. The molecule has 1 fully saturated rings. The molecule has 1 aliphatic rings. The molecule has 6 nitrogen and oxygen atoms in total. The van der Waals surface area contributed by atoms with Gasteiger partial charge >= 0.3 is 0 Å². The number of thiophene rings is 1. The van der Waals surface area contributed by atoms with Gasteiger partial charge in [-0.15, -0.1) is 11.3 Å². The van der Waals surface area contributed by atoms with Crippen LogP contribution in [0.15, 0.2) is 29.6 Å². The molecular weight excluding hydrogens is 388 g/mol. The second-order valence-electron chi connectivity index (χ2n) is 6.08. The molecule has 0 radical (unpaired) electrons. The molecule has 0 bridgehead atoms. The lowest BCUT2D eigenvalue weighted by Gasteiger charge is -2.34. The van der Waals surface area contributed by atoms with Gasteiger partial charge in [0.15, 0.2) is 11.5 Å². The van der Waals surface area contributed by atoms with E-state index in [1.54, 1.807) is 23.5 Å². The summed E-state index contributed by atoms with van der Waals surface area (Å²) in [5.74, 6) is 0.645. The lowest BCUT2D eigenvalue weighted by molar-refractivity contribution is 0.0169. The van der Waals surface area contributed by atoms with Crippen molar-refractivity contribution in [2.75, 3.05) is 47.1 Å². The number of carbonyl (C=O) groups is 1. The number of halogens is 1. The fourth-order valence-corrected chi connectivity index (χ4v) is 4.27. The molecular formula is C19H23ClN2O4S. The topological polar surface area (TPSA) is 60.0 Å². The van der Waals surface area contributed by atoms with Gasteiger partial charge in [0, 0.05) is 30.1 Å². The van der Waals surface area contributed by atoms with E-state index in [9.17, 15) is 4.79 Å². The van der Waals surface area contributed by atoms with E-state index in [2.05, 4.69) is 21.7 Å². The number of nitrogens with one attached hydrogen (secondary N) is 1. The first-order valence-electron chi connectivity index (χ1n) is 8.69. The fraction of sp³-hybridized carbons (Fsp3) is 0.421. The van der Waals surface area contributed by atoms with Crippen molar-refractivity contribution >= 4 is 28.8 Å². The van der Waals surface area contributed by atoms with E-state index in [4.69, 9.17) is 25.8 Å². The number of methoxy groups -OCH3 is 2. The number of amides is 1. The van der Waals surface area contributed by atoms with Crippen LogP contribution in [0.4, 0.5) is 0 Å². The summed E-state index contributed by atoms with van der Waals surface area (Å²) >= 11 is 7.91. The van der Waals surface area contributed by atoms with Crippen LogP contribution in [0.2, 0.25) is 5.02 Å². The van der Waals surface area contributed by atoms with E-state index in [1.807, 2.05) is 6.07 Å². The van der Waals surface area contributed by atoms with Crippen molar-refractivity contribution in [3.63, 3.8) is 0 Å². The first kappa shape index (κ1) is 19.9. The Kier molecular flexibility index (Phi) is 6.95. The number of morpholine rings is 1. The number of nitrogens with zero attached hydrogens (tertiary/aromatic N) is 1. The minimum Gasteiger partial charge on any atom is -0.493 e. The molecule has 1 aliphatic heterocycles. The van der Waals surface area contributed by atoms with E-state index < -0.39 is 0 Å². The zero-order chi connectivity index (χ0) is 19.2. The summed E-state index contributed by atoms with van der Waals surface area (Å²) < 4.78 is 16.0. The summed E-state index contributed by atoms with van der Waals surface area (Å²) in [6.07, 6.45) is 0. The minimum absolute atomic E-state index is 0.119. The van der Waals surface area contributed by atoms with Gasteiger partial charge in [-0.2, -0.15) is 0 Å². The van der Waals surface area contributed by atoms with Crippen LogP contribution in [0.25, 0.3) is 0 Å². The SMILES string of the molecule is COc1cc(C(=O)NC[C@H](c2cccs2)N2CCOCC2)cc(Cl)c1OC. The molecule has 146 valence electrons. The highest BCUT2D eigenvalue weighted by molar-refractivity contribution is 7.10. The van der Waals surface area contributed by atoms with Crippen LogP contribution in [0.3, 0.4) is 0 Å². The van der Waals surface area contributed by atoms with Gasteiger partial charge in [0.05, 0.1) is 38.5 Å². The summed E-state index contributed by atoms with van der Waals surface area (Å²) in [7, 11) is 3.03. The van der Waals surface area contributed by atoms with E-state index in [0.29, 0.717) is 41.8 Å². The third kappa shape index (κ3) is 4.73. The van der Waals surface area contributed by atoms with Crippen LogP contribution in [-0.4, -0.2) is 57.9 Å². The molecule has 8 heteroatoms. The predicted molar refractivity (Wildman–Crippen MR) is 106 cm³/mol. The first-order valence-corrected chi connectivity index (χ1v) is 9.94. The maximum absolute atomic E-state index is 12.7. The summed E-state index contributed by atoms with van der Waals surface area (Å²) in [5, 5.41) is 5.42. The Labute approximate surface area is 168 Å². The summed E-state index contributed by atoms with van der Waals surface area (Å²) in [6, 6.07) is 7.48. The predicted octanol–water partition coefficient (Wildman–Crippen LogP) is 3.22. The van der Waals surface area contributed by atoms with E-state index >= 15 is 0 Å². The molecule has 2 aromatic rings. The standard InChI is InChI=1S/C19H23ClN2O4S/c1-24-16-11-13(10-14(20)18(16)25-2)19(23)21-12-15(17-4-3-9-27-17)22-5-7-26-8-6-22/h3-4,9-11,15H,5-8,12H2,1-2H3,(H,21,23)/t15-/m1/s1. The van der Waals surface area contributed by atoms with Crippen LogP contribution < -0.4 is 14.8 Å². The second-order valence-corrected chi connectivity index (χ2v) is 7.47. The monoisotopic (exact) mass is 410 g/mol. The van der Waals surface area contributed by atoms with Crippen LogP contribution in [-0.2, 0) is 4.74 Å². The molecule has 0 spiro atoms. The van der Waals surface area contributed by atoms with Gasteiger partial charge in [0.25, 0.3) is 5.91 Å². The average Bonchev–Trinajstić information content (AvgIpc) is 3.22. The molecule has 1 aromatic heterocycles. The second kappa shape index (κ2) is 9.41. The fourth-order valence-electron chi connectivity index (χ4n) is 3.12. The van der Waals surface area contributed by atoms with Crippen molar-refractivity contribution in [1.29, 1.82) is 0 Å². The molecule has 3 rings (SSSR count). The van der Waals surface area contributed by atoms with Crippen molar-refractivity contribution < 1.29 is 19.0 Å². The Morgan fingerprint density at radius 2 is 2.11 bits per heavy atom. The van der Waals surface area contributed by atoms with Crippen molar-refractivity contribution in [1.82, 2.24) is 10.2 Å². The highest BCUT2D eigenvalue weighted by Crippen LogP contribution is 2.36. The summed E-state index contributed by atoms with van der Waals surface area (Å²) in [6.45, 7) is 3.62. The van der Waals surface area contributed by atoms with Gasteiger partial charge in [0.2, 0.25) is 0 Å². The van der Waals surface area contributed by atoms with Crippen LogP contribution in [0, 0.1) is 0 Å². The molecule has 2 heterocycles. The van der Waals surface area contributed by atoms with E-state index in [-0.39, 0.29) is 11.9 Å². The molecule has 0 aliphatic carbocycles. The van der Waals surface area contributed by atoms with Gasteiger partial charge in [-0.1, -0.05) is 17.7 Å². The molecule has 1 saturated heterocycles. The Morgan fingerprint density at radius 1 is 1.33 bits per heavy atom. The number of ether oxygens (including phenoxy) is 3. The van der Waals surface area contributed by atoms with Gasteiger partial charge in [0.1, 0.15) is 0 Å². The first-order chi connectivity index (χ1) is 13.1. The van der Waals surface area contributed by atoms with Gasteiger partial charge in [-0.3, -0.25) is 9.69 Å². The lowest BCUT2D eigenvalue weighted by Crippen LogP contribution is -2.43. The van der Waals surface area contributed by atoms with Crippen molar-refractivity contribution in [2.24, 2.45) is 0 Å². The molecule has 0 saturated carbocycles. The highest BCUT2D eigenvalue weighted by atomic mass is 35.5. The number of carbonyl (C=O) groups excluding carboxylic acids is 1. The highest BCUT2D eigenvalue weighted by Gasteiger charge is 2.24. The average molecular weight is 411 g/mol. The van der Waals surface area contributed by atoms with Gasteiger partial charge < -0.3 is 19.5 Å². The summed E-state index contributed by atoms with van der Waals surface area (Å²) in [4.78, 5) is 16.3. The maximum atomic E-state index is 12.7. The maximum Gasteiger partial charge on any atom is 0.251 e. The van der Waals surface area contributed by atoms with E-state index in [1.165, 1.54) is 19.1 Å². The van der Waals surface area contributed by atoms with Gasteiger partial charge in [-0.25, -0.2) is 0 Å². The van der Waals surface area contributed by atoms with Gasteiger partial charge in [-0.05, 0) is 23.6 Å². The normalized spacial score (nSPS) is 16.0. The number of hydrogen-bond donors (Lipinski definition) is 1. The molecule has 1 aromatic carbocycles. The van der Waals surface area contributed by atoms with Crippen molar-refractivity contribution in [3.8, 4) is 11.5 Å². The third-order valence-corrected chi connectivity index (χ3v) is 5.76. The Morgan fingerprint density at radius 3 is 2.74 bits per heavy atom. The summed E-state index contributed by atoms with van der Waals surface area (Å²) in [5.41, 5.74) is 0.435. The number of rotatable bonds is 7. The quantitative estimate of drug-likeness (QED) is 0.759. The van der Waals surface area contributed by atoms with Crippen LogP contribution in [0.1, 0.15) is 21.3 Å². The number of hydrogen-bond acceptors (Lipinski definition) is 6. The van der Waals surface area contributed by atoms with Crippen molar-refractivity contribution in [3.05, 3.63) is 45.1 Å². The zero-order valence-corrected chi connectivity index (χ0v) is 16.9. The lowest BCUT2D eigenvalue weighted by atomic mass is 10.1. The Hall–Kier alpha value is -1.80. The Bertz CT molecular complexity index is 763. The van der Waals surface area contributed by atoms with Crippen LogP contribution >= 0.6 is 22.9 Å². The van der Waals surface area contributed by atoms with E-state index in [0.717, 1.165) is 13.1 Å². The van der Waals surface area contributed by atoms with Crippen molar-refractivity contribution in [2.45, 2.75) is 6.04 Å². The number of benzene rings is 1. The molecule has 1 atom stereocenters. The third-order valence-electron chi connectivity index (χ3n) is 4.51. The smallest absolute Gasteiger partial charge is 0.251 e. The largest absolute Gasteiger partial charge is 0.493 e. The van der Waals surface area contributed by atoms with Crippen LogP contribution in [0.5, 0.6) is 11.5 Å². The zero-order valence-electron chi connectivity index (χ0n) is 15.4. The molecule has 1 N–H and O–H groups in total. The molecule has 0 unspecified atom stereocenters. The molecule has 27 heavy (non-hydrogen) atoms.